The normalized spacial score (nSPS) is 22.3. The molecule has 2 N–H and O–H groups in total. The summed E-state index contributed by atoms with van der Waals surface area (Å²) in [7, 11) is 1.59. The lowest BCUT2D eigenvalue weighted by Crippen LogP contribution is -2.38. The van der Waals surface area contributed by atoms with E-state index in [0.29, 0.717) is 30.3 Å². The van der Waals surface area contributed by atoms with E-state index in [-0.39, 0.29) is 25.2 Å². The molecule has 0 bridgehead atoms. The van der Waals surface area contributed by atoms with Crippen molar-refractivity contribution in [3.8, 4) is 17.2 Å². The van der Waals surface area contributed by atoms with Crippen molar-refractivity contribution in [1.82, 2.24) is 10.2 Å². The number of likely N-dealkylation sites (N-methyl/N-ethyl adjacent to an activating group) is 1. The predicted octanol–water partition coefficient (Wildman–Crippen LogP) is 2.40. The molecule has 0 spiro atoms. The Morgan fingerprint density at radius 2 is 1.84 bits per heavy atom. The Balaban J connectivity index is 1.72. The van der Waals surface area contributed by atoms with Crippen molar-refractivity contribution in [2.24, 2.45) is 5.92 Å². The van der Waals surface area contributed by atoms with Gasteiger partial charge in [-0.2, -0.15) is 0 Å². The maximum absolute atomic E-state index is 12.5. The number of hydrogen-bond donors (Lipinski definition) is 2. The lowest BCUT2D eigenvalue weighted by atomic mass is 9.82. The molecule has 31 heavy (non-hydrogen) atoms. The third-order valence-electron chi connectivity index (χ3n) is 5.89. The summed E-state index contributed by atoms with van der Waals surface area (Å²) in [6.07, 6.45) is 0. The van der Waals surface area contributed by atoms with E-state index in [0.717, 1.165) is 11.1 Å². The molecule has 8 heteroatoms. The summed E-state index contributed by atoms with van der Waals surface area (Å²) in [5.41, 5.74) is 1.69. The quantitative estimate of drug-likeness (QED) is 0.702. The van der Waals surface area contributed by atoms with Crippen LogP contribution in [0, 0.1) is 5.92 Å². The van der Waals surface area contributed by atoms with E-state index < -0.39 is 17.9 Å². The molecule has 1 saturated heterocycles. The third-order valence-corrected chi connectivity index (χ3v) is 5.89. The van der Waals surface area contributed by atoms with Gasteiger partial charge in [-0.3, -0.25) is 14.5 Å². The van der Waals surface area contributed by atoms with Crippen LogP contribution in [0.15, 0.2) is 42.5 Å². The molecule has 0 unspecified atom stereocenters. The number of nitrogens with one attached hydrogen (secondary N) is 1. The summed E-state index contributed by atoms with van der Waals surface area (Å²) in [6, 6.07) is 12.4. The molecule has 2 aliphatic rings. The minimum absolute atomic E-state index is 0.120. The number of fused-ring (bicyclic) bond motifs is 1. The molecule has 1 fully saturated rings. The molecular weight excluding hydrogens is 400 g/mol. The zero-order valence-electron chi connectivity index (χ0n) is 17.5. The van der Waals surface area contributed by atoms with Crippen LogP contribution in [0.3, 0.4) is 0 Å². The Labute approximate surface area is 180 Å². The molecule has 2 aromatic carbocycles. The maximum atomic E-state index is 12.5. The molecule has 4 rings (SSSR count). The van der Waals surface area contributed by atoms with E-state index in [1.54, 1.807) is 7.11 Å². The number of likely N-dealkylation sites (tertiary alicyclic amines) is 1. The fraction of sp³-hybridized carbons (Fsp3) is 0.391. The first-order valence-corrected chi connectivity index (χ1v) is 10.3. The van der Waals surface area contributed by atoms with Gasteiger partial charge >= 0.3 is 5.97 Å². The van der Waals surface area contributed by atoms with Crippen LogP contribution in [-0.4, -0.2) is 55.4 Å². The Morgan fingerprint density at radius 1 is 1.13 bits per heavy atom. The average Bonchev–Trinajstić information content (AvgIpc) is 3.38. The molecular formula is C23H26N2O6. The van der Waals surface area contributed by atoms with Crippen LogP contribution in [0.5, 0.6) is 17.2 Å². The van der Waals surface area contributed by atoms with E-state index in [2.05, 4.69) is 5.32 Å². The monoisotopic (exact) mass is 426 g/mol. The number of ether oxygens (including phenoxy) is 3. The molecule has 2 aliphatic heterocycles. The second-order valence-corrected chi connectivity index (χ2v) is 7.68. The molecule has 2 aromatic rings. The first-order valence-electron chi connectivity index (χ1n) is 10.3. The first kappa shape index (κ1) is 21.0. The van der Waals surface area contributed by atoms with Crippen molar-refractivity contribution in [3.05, 3.63) is 53.6 Å². The van der Waals surface area contributed by atoms with Crippen LogP contribution in [-0.2, 0) is 9.59 Å². The fourth-order valence-corrected chi connectivity index (χ4v) is 4.51. The Kier molecular flexibility index (Phi) is 5.99. The van der Waals surface area contributed by atoms with Crippen molar-refractivity contribution in [3.63, 3.8) is 0 Å². The molecule has 0 saturated carbocycles. The largest absolute Gasteiger partial charge is 0.497 e. The Hall–Kier alpha value is -3.26. The van der Waals surface area contributed by atoms with Gasteiger partial charge in [0.25, 0.3) is 0 Å². The number of amides is 1. The van der Waals surface area contributed by atoms with Gasteiger partial charge in [-0.15, -0.1) is 0 Å². The molecule has 2 heterocycles. The number of hydrogen-bond acceptors (Lipinski definition) is 6. The van der Waals surface area contributed by atoms with E-state index in [1.807, 2.05) is 54.3 Å². The summed E-state index contributed by atoms with van der Waals surface area (Å²) >= 11 is 0. The first-order chi connectivity index (χ1) is 15.0. The fourth-order valence-electron chi connectivity index (χ4n) is 4.51. The average molecular weight is 426 g/mol. The maximum Gasteiger partial charge on any atom is 0.309 e. The number of carbonyl (C=O) groups excluding carboxylic acids is 1. The van der Waals surface area contributed by atoms with E-state index in [4.69, 9.17) is 14.2 Å². The minimum atomic E-state index is -0.901. The summed E-state index contributed by atoms with van der Waals surface area (Å²) in [5, 5.41) is 13.0. The highest BCUT2D eigenvalue weighted by molar-refractivity contribution is 5.79. The highest BCUT2D eigenvalue weighted by Gasteiger charge is 2.48. The van der Waals surface area contributed by atoms with Crippen LogP contribution in [0.4, 0.5) is 0 Å². The molecule has 1 amide bonds. The van der Waals surface area contributed by atoms with Crippen molar-refractivity contribution >= 4 is 11.9 Å². The number of nitrogens with zero attached hydrogens (tertiary/aromatic N) is 1. The van der Waals surface area contributed by atoms with Crippen LogP contribution in [0.2, 0.25) is 0 Å². The zero-order chi connectivity index (χ0) is 22.0. The Bertz CT molecular complexity index is 961. The molecule has 8 nitrogen and oxygen atoms in total. The van der Waals surface area contributed by atoms with Gasteiger partial charge in [0.1, 0.15) is 5.75 Å². The van der Waals surface area contributed by atoms with Crippen LogP contribution in [0.1, 0.15) is 30.0 Å². The molecule has 164 valence electrons. The molecule has 0 aromatic heterocycles. The number of benzene rings is 2. The van der Waals surface area contributed by atoms with Gasteiger partial charge in [-0.1, -0.05) is 18.2 Å². The standard InChI is InChI=1S/C23H26N2O6/c1-3-24-20(26)12-25-11-17(15-6-9-18-19(10-15)31-13-30-18)21(23(27)28)22(25)14-4-7-16(29-2)8-5-14/h4-10,17,21-22H,3,11-13H2,1-2H3,(H,24,26)(H,27,28)/t17-,21+,22-/m1/s1. The highest BCUT2D eigenvalue weighted by Crippen LogP contribution is 2.47. The smallest absolute Gasteiger partial charge is 0.309 e. The number of aliphatic carboxylic acids is 1. The van der Waals surface area contributed by atoms with Crippen molar-refractivity contribution in [2.75, 3.05) is 33.5 Å². The van der Waals surface area contributed by atoms with E-state index in [1.165, 1.54) is 0 Å². The summed E-state index contributed by atoms with van der Waals surface area (Å²) in [4.78, 5) is 26.8. The van der Waals surface area contributed by atoms with Gasteiger partial charge in [0, 0.05) is 25.0 Å². The van der Waals surface area contributed by atoms with Gasteiger partial charge in [-0.05, 0) is 42.3 Å². The molecule has 3 atom stereocenters. The lowest BCUT2D eigenvalue weighted by Gasteiger charge is -2.27. The molecule has 0 radical (unpaired) electrons. The highest BCUT2D eigenvalue weighted by atomic mass is 16.7. The third kappa shape index (κ3) is 4.16. The lowest BCUT2D eigenvalue weighted by molar-refractivity contribution is -0.143. The molecule has 0 aliphatic carbocycles. The minimum Gasteiger partial charge on any atom is -0.497 e. The number of carboxylic acid groups (broad SMARTS) is 1. The topological polar surface area (TPSA) is 97.3 Å². The van der Waals surface area contributed by atoms with E-state index in [9.17, 15) is 14.7 Å². The van der Waals surface area contributed by atoms with Gasteiger partial charge in [0.05, 0.1) is 19.6 Å². The predicted molar refractivity (Wildman–Crippen MR) is 112 cm³/mol. The summed E-state index contributed by atoms with van der Waals surface area (Å²) < 4.78 is 16.1. The SMILES string of the molecule is CCNC(=O)CN1C[C@H](c2ccc3c(c2)OCO3)[C@H](C(=O)O)[C@H]1c1ccc(OC)cc1. The van der Waals surface area contributed by atoms with Crippen molar-refractivity contribution in [2.45, 2.75) is 18.9 Å². The number of carboxylic acids is 1. The van der Waals surface area contributed by atoms with Gasteiger partial charge in [-0.25, -0.2) is 0 Å². The van der Waals surface area contributed by atoms with Gasteiger partial charge in [0.15, 0.2) is 11.5 Å². The number of carbonyl (C=O) groups is 2. The van der Waals surface area contributed by atoms with Crippen molar-refractivity contribution < 1.29 is 28.9 Å². The van der Waals surface area contributed by atoms with Crippen molar-refractivity contribution in [1.29, 1.82) is 0 Å². The second kappa shape index (κ2) is 8.85. The summed E-state index contributed by atoms with van der Waals surface area (Å²) in [6.45, 7) is 3.09. The van der Waals surface area contributed by atoms with Gasteiger partial charge < -0.3 is 24.6 Å². The van der Waals surface area contributed by atoms with Gasteiger partial charge in [0.2, 0.25) is 12.7 Å². The Morgan fingerprint density at radius 3 is 2.52 bits per heavy atom. The second-order valence-electron chi connectivity index (χ2n) is 7.68. The van der Waals surface area contributed by atoms with Crippen LogP contribution >= 0.6 is 0 Å². The zero-order valence-corrected chi connectivity index (χ0v) is 17.5. The number of rotatable bonds is 7. The van der Waals surface area contributed by atoms with Crippen LogP contribution in [0.25, 0.3) is 0 Å². The van der Waals surface area contributed by atoms with Crippen LogP contribution < -0.4 is 19.5 Å². The number of methoxy groups -OCH3 is 1. The van der Waals surface area contributed by atoms with E-state index >= 15 is 0 Å². The summed E-state index contributed by atoms with van der Waals surface area (Å²) in [5.74, 6) is -0.115.